The fourth-order valence-corrected chi connectivity index (χ4v) is 4.49. The topological polar surface area (TPSA) is 40.6 Å². The molecule has 0 radical (unpaired) electrons. The molecule has 0 aromatic heterocycles. The summed E-state index contributed by atoms with van der Waals surface area (Å²) in [5, 5.41) is 0. The van der Waals surface area contributed by atoms with E-state index < -0.39 is 0 Å². The van der Waals surface area contributed by atoms with Crippen LogP contribution in [0.5, 0.6) is 0 Å². The molecule has 0 bridgehead atoms. The maximum atomic E-state index is 12.8. The summed E-state index contributed by atoms with van der Waals surface area (Å²) >= 11 is 0. The molecule has 4 nitrogen and oxygen atoms in total. The third-order valence-corrected chi connectivity index (χ3v) is 6.13. The largest absolute Gasteiger partial charge is 0.336 e. The molecule has 3 rings (SSSR count). The summed E-state index contributed by atoms with van der Waals surface area (Å²) in [6, 6.07) is 8.59. The van der Waals surface area contributed by atoms with E-state index in [4.69, 9.17) is 0 Å². The summed E-state index contributed by atoms with van der Waals surface area (Å²) in [7, 11) is 0. The van der Waals surface area contributed by atoms with Crippen LogP contribution >= 0.6 is 0 Å². The van der Waals surface area contributed by atoms with Gasteiger partial charge in [0.05, 0.1) is 6.54 Å². The van der Waals surface area contributed by atoms with Crippen LogP contribution in [0.1, 0.15) is 61.9 Å². The van der Waals surface area contributed by atoms with Gasteiger partial charge in [-0.25, -0.2) is 0 Å². The molecular formula is C22H32N2O2. The number of amides is 1. The van der Waals surface area contributed by atoms with Gasteiger partial charge in [0.15, 0.2) is 5.78 Å². The molecule has 1 aromatic rings. The lowest BCUT2D eigenvalue weighted by Gasteiger charge is -2.41. The molecule has 2 saturated heterocycles. The highest BCUT2D eigenvalue weighted by Gasteiger charge is 2.31. The molecule has 0 saturated carbocycles. The average Bonchev–Trinajstić information content (AvgIpc) is 2.62. The number of hydrogen-bond acceptors (Lipinski definition) is 3. The van der Waals surface area contributed by atoms with E-state index in [0.717, 1.165) is 44.3 Å². The molecule has 4 heteroatoms. The van der Waals surface area contributed by atoms with Crippen molar-refractivity contribution in [1.29, 1.82) is 0 Å². The number of carbonyl (C=O) groups is 2. The number of nitrogens with zero attached hydrogens (tertiary/aromatic N) is 2. The van der Waals surface area contributed by atoms with E-state index in [-0.39, 0.29) is 17.6 Å². The minimum Gasteiger partial charge on any atom is -0.336 e. The van der Waals surface area contributed by atoms with Gasteiger partial charge < -0.3 is 4.90 Å². The number of Topliss-reactive ketones (excluding diaryl/α,β-unsaturated/α-hetero) is 1. The molecule has 142 valence electrons. The number of ketones is 1. The zero-order valence-corrected chi connectivity index (χ0v) is 16.4. The van der Waals surface area contributed by atoms with Crippen molar-refractivity contribution in [1.82, 2.24) is 9.80 Å². The number of likely N-dealkylation sites (tertiary alicyclic amines) is 2. The Bertz CT molecular complexity index is 622. The first-order valence-corrected chi connectivity index (χ1v) is 10.1. The number of piperidine rings is 2. The number of carbonyl (C=O) groups excluding carboxylic acids is 2. The lowest BCUT2D eigenvalue weighted by molar-refractivity contribution is -0.138. The SMILES string of the molecule is Cc1ccc(C(=O)C2CCN(CC(=O)N3[C@@H](C)CCC[C@@H]3C)CC2)cc1. The molecule has 2 aliphatic heterocycles. The molecule has 0 aliphatic carbocycles. The number of aryl methyl sites for hydroxylation is 1. The summed E-state index contributed by atoms with van der Waals surface area (Å²) in [6.07, 6.45) is 5.15. The first kappa shape index (κ1) is 19.1. The predicted octanol–water partition coefficient (Wildman–Crippen LogP) is 3.68. The minimum absolute atomic E-state index is 0.0943. The molecule has 0 N–H and O–H groups in total. The van der Waals surface area contributed by atoms with E-state index in [2.05, 4.69) is 23.6 Å². The standard InChI is InChI=1S/C22H32N2O2/c1-16-7-9-19(10-8-16)22(26)20-11-13-23(14-12-20)15-21(25)24-17(2)5-4-6-18(24)3/h7-10,17-18,20H,4-6,11-15H2,1-3H3/t17-,18-/m0/s1. The predicted molar refractivity (Wildman–Crippen MR) is 104 cm³/mol. The fraction of sp³-hybridized carbons (Fsp3) is 0.636. The van der Waals surface area contributed by atoms with Crippen LogP contribution in [-0.2, 0) is 4.79 Å². The Labute approximate surface area is 157 Å². The van der Waals surface area contributed by atoms with Crippen molar-refractivity contribution >= 4 is 11.7 Å². The van der Waals surface area contributed by atoms with Gasteiger partial charge in [0.2, 0.25) is 5.91 Å². The highest BCUT2D eigenvalue weighted by molar-refractivity contribution is 5.97. The zero-order chi connectivity index (χ0) is 18.7. The average molecular weight is 357 g/mol. The molecule has 2 heterocycles. The van der Waals surface area contributed by atoms with Crippen molar-refractivity contribution < 1.29 is 9.59 Å². The molecule has 1 amide bonds. The highest BCUT2D eigenvalue weighted by atomic mass is 16.2. The Morgan fingerprint density at radius 1 is 0.962 bits per heavy atom. The van der Waals surface area contributed by atoms with Gasteiger partial charge in [-0.1, -0.05) is 29.8 Å². The van der Waals surface area contributed by atoms with Gasteiger partial charge in [0.1, 0.15) is 0 Å². The van der Waals surface area contributed by atoms with Crippen LogP contribution < -0.4 is 0 Å². The summed E-state index contributed by atoms with van der Waals surface area (Å²) in [5.74, 6) is 0.610. The Kier molecular flexibility index (Phi) is 6.13. The second-order valence-electron chi connectivity index (χ2n) is 8.21. The lowest BCUT2D eigenvalue weighted by Crippen LogP contribution is -2.52. The van der Waals surface area contributed by atoms with E-state index in [1.165, 1.54) is 12.0 Å². The molecular weight excluding hydrogens is 324 g/mol. The quantitative estimate of drug-likeness (QED) is 0.773. The van der Waals surface area contributed by atoms with E-state index in [1.54, 1.807) is 0 Å². The summed E-state index contributed by atoms with van der Waals surface area (Å²) in [6.45, 7) is 8.54. The zero-order valence-electron chi connectivity index (χ0n) is 16.4. The Balaban J connectivity index is 1.51. The molecule has 0 spiro atoms. The number of hydrogen-bond donors (Lipinski definition) is 0. The van der Waals surface area contributed by atoms with Gasteiger partial charge in [-0.05, 0) is 66.0 Å². The second kappa shape index (κ2) is 8.34. The van der Waals surface area contributed by atoms with Crippen LogP contribution in [0.3, 0.4) is 0 Å². The van der Waals surface area contributed by atoms with Crippen LogP contribution in [0, 0.1) is 12.8 Å². The van der Waals surface area contributed by atoms with Crippen molar-refractivity contribution in [3.8, 4) is 0 Å². The highest BCUT2D eigenvalue weighted by Crippen LogP contribution is 2.25. The van der Waals surface area contributed by atoms with E-state index in [9.17, 15) is 9.59 Å². The Morgan fingerprint density at radius 2 is 1.54 bits per heavy atom. The number of benzene rings is 1. The van der Waals surface area contributed by atoms with Crippen LogP contribution in [0.4, 0.5) is 0 Å². The normalized spacial score (nSPS) is 25.3. The van der Waals surface area contributed by atoms with E-state index in [1.807, 2.05) is 31.2 Å². The van der Waals surface area contributed by atoms with E-state index in [0.29, 0.717) is 18.6 Å². The first-order chi connectivity index (χ1) is 12.5. The smallest absolute Gasteiger partial charge is 0.237 e. The number of rotatable bonds is 4. The van der Waals surface area contributed by atoms with Crippen LogP contribution in [-0.4, -0.2) is 53.2 Å². The minimum atomic E-state index is 0.0943. The Morgan fingerprint density at radius 3 is 2.12 bits per heavy atom. The third kappa shape index (κ3) is 4.35. The van der Waals surface area contributed by atoms with Gasteiger partial charge in [0, 0.05) is 23.6 Å². The van der Waals surface area contributed by atoms with Gasteiger partial charge in [0.25, 0.3) is 0 Å². The van der Waals surface area contributed by atoms with Gasteiger partial charge in [-0.15, -0.1) is 0 Å². The third-order valence-electron chi connectivity index (χ3n) is 6.13. The molecule has 2 fully saturated rings. The second-order valence-corrected chi connectivity index (χ2v) is 8.21. The van der Waals surface area contributed by atoms with Crippen LogP contribution in [0.15, 0.2) is 24.3 Å². The van der Waals surface area contributed by atoms with E-state index >= 15 is 0 Å². The van der Waals surface area contributed by atoms with Gasteiger partial charge in [-0.2, -0.15) is 0 Å². The van der Waals surface area contributed by atoms with Crippen LogP contribution in [0.2, 0.25) is 0 Å². The summed E-state index contributed by atoms with van der Waals surface area (Å²) in [5.41, 5.74) is 2.00. The molecule has 1 aromatic carbocycles. The van der Waals surface area contributed by atoms with Gasteiger partial charge in [-0.3, -0.25) is 14.5 Å². The van der Waals surface area contributed by atoms with Crippen molar-refractivity contribution in [3.63, 3.8) is 0 Å². The maximum Gasteiger partial charge on any atom is 0.237 e. The van der Waals surface area contributed by atoms with Crippen molar-refractivity contribution in [2.45, 2.75) is 65.0 Å². The molecule has 0 unspecified atom stereocenters. The van der Waals surface area contributed by atoms with Crippen molar-refractivity contribution in [2.75, 3.05) is 19.6 Å². The molecule has 2 aliphatic rings. The van der Waals surface area contributed by atoms with Crippen molar-refractivity contribution in [2.24, 2.45) is 5.92 Å². The van der Waals surface area contributed by atoms with Crippen LogP contribution in [0.25, 0.3) is 0 Å². The molecule has 26 heavy (non-hydrogen) atoms. The maximum absolute atomic E-state index is 12.8. The molecule has 2 atom stereocenters. The monoisotopic (exact) mass is 356 g/mol. The van der Waals surface area contributed by atoms with Crippen molar-refractivity contribution in [3.05, 3.63) is 35.4 Å². The fourth-order valence-electron chi connectivity index (χ4n) is 4.49. The van der Waals surface area contributed by atoms with Gasteiger partial charge >= 0.3 is 0 Å². The Hall–Kier alpha value is -1.68. The first-order valence-electron chi connectivity index (χ1n) is 10.1. The summed E-state index contributed by atoms with van der Waals surface area (Å²) in [4.78, 5) is 29.8. The lowest BCUT2D eigenvalue weighted by atomic mass is 9.88. The summed E-state index contributed by atoms with van der Waals surface area (Å²) < 4.78 is 0.